The highest BCUT2D eigenvalue weighted by Crippen LogP contribution is 2.48. The summed E-state index contributed by atoms with van der Waals surface area (Å²) in [7, 11) is 1.91. The van der Waals surface area contributed by atoms with Crippen molar-refractivity contribution in [2.24, 2.45) is 15.8 Å². The lowest BCUT2D eigenvalue weighted by Crippen LogP contribution is -2.45. The van der Waals surface area contributed by atoms with Gasteiger partial charge in [-0.25, -0.2) is 0 Å². The molecule has 1 nitrogen and oxygen atoms in total. The van der Waals surface area contributed by atoms with Crippen LogP contribution in [0, 0.1) is 10.8 Å². The lowest BCUT2D eigenvalue weighted by atomic mass is 9.57. The fourth-order valence-electron chi connectivity index (χ4n) is 2.66. The maximum Gasteiger partial charge on any atom is 0.0481 e. The molecule has 0 fully saturated rings. The van der Waals surface area contributed by atoms with E-state index in [1.54, 1.807) is 0 Å². The molecule has 1 aliphatic carbocycles. The molecule has 0 atom stereocenters. The Morgan fingerprint density at radius 1 is 1.00 bits per heavy atom. The molecule has 18 heavy (non-hydrogen) atoms. The van der Waals surface area contributed by atoms with Crippen LogP contribution in [-0.2, 0) is 6.42 Å². The van der Waals surface area contributed by atoms with Crippen molar-refractivity contribution in [1.29, 1.82) is 0 Å². The van der Waals surface area contributed by atoms with Crippen molar-refractivity contribution in [3.63, 3.8) is 0 Å². The minimum atomic E-state index is 0.135. The van der Waals surface area contributed by atoms with Crippen LogP contribution in [0.4, 0.5) is 0 Å². The van der Waals surface area contributed by atoms with Crippen molar-refractivity contribution in [1.82, 2.24) is 0 Å². The van der Waals surface area contributed by atoms with Gasteiger partial charge in [-0.1, -0.05) is 65.8 Å². The third-order valence-electron chi connectivity index (χ3n) is 4.41. The van der Waals surface area contributed by atoms with E-state index in [-0.39, 0.29) is 10.8 Å². The van der Waals surface area contributed by atoms with Crippen LogP contribution < -0.4 is 0 Å². The minimum absolute atomic E-state index is 0.135. The van der Waals surface area contributed by atoms with Gasteiger partial charge < -0.3 is 0 Å². The quantitative estimate of drug-likeness (QED) is 0.626. The molecule has 0 unspecified atom stereocenters. The van der Waals surface area contributed by atoms with E-state index < -0.39 is 0 Å². The van der Waals surface area contributed by atoms with Crippen molar-refractivity contribution in [3.05, 3.63) is 35.4 Å². The number of hydrogen-bond acceptors (Lipinski definition) is 1. The molecule has 2 rings (SSSR count). The molecule has 0 spiro atoms. The second kappa shape index (κ2) is 5.26. The number of fused-ring (bicyclic) bond motifs is 1. The molecule has 1 aromatic rings. The van der Waals surface area contributed by atoms with Gasteiger partial charge in [-0.15, -0.1) is 0 Å². The van der Waals surface area contributed by atoms with Gasteiger partial charge in [-0.3, -0.25) is 4.99 Å². The average molecular weight is 245 g/mol. The van der Waals surface area contributed by atoms with Crippen LogP contribution in [-0.4, -0.2) is 12.8 Å². The summed E-state index contributed by atoms with van der Waals surface area (Å²) in [4.78, 5) is 4.55. The highest BCUT2D eigenvalue weighted by atomic mass is 14.7. The summed E-state index contributed by atoms with van der Waals surface area (Å²) in [6.45, 7) is 13.3. The summed E-state index contributed by atoms with van der Waals surface area (Å²) in [5.41, 5.74) is 4.42. The van der Waals surface area contributed by atoms with Crippen LogP contribution in [0.2, 0.25) is 0 Å². The Morgan fingerprint density at radius 2 is 1.56 bits per heavy atom. The molecule has 1 heteroatoms. The first kappa shape index (κ1) is 14.9. The van der Waals surface area contributed by atoms with Gasteiger partial charge >= 0.3 is 0 Å². The van der Waals surface area contributed by atoms with Gasteiger partial charge in [0, 0.05) is 18.2 Å². The molecule has 1 aliphatic rings. The molecule has 0 radical (unpaired) electrons. The summed E-state index contributed by atoms with van der Waals surface area (Å²) >= 11 is 0. The standard InChI is InChI=1S/C15H21N.C2H6/c1-14(2)10-11-8-6-7-9-12(11)13(16-5)15(14,3)4;1-2/h6-9H,10H2,1-5H3;1-2H3. The highest BCUT2D eigenvalue weighted by Gasteiger charge is 2.45. The van der Waals surface area contributed by atoms with Crippen molar-refractivity contribution in [2.45, 2.75) is 48.0 Å². The zero-order valence-corrected chi connectivity index (χ0v) is 13.0. The van der Waals surface area contributed by atoms with Crippen LogP contribution in [0.1, 0.15) is 52.7 Å². The number of rotatable bonds is 0. The topological polar surface area (TPSA) is 12.4 Å². The van der Waals surface area contributed by atoms with Crippen LogP contribution in [0.5, 0.6) is 0 Å². The van der Waals surface area contributed by atoms with Crippen molar-refractivity contribution >= 4 is 5.71 Å². The van der Waals surface area contributed by atoms with Gasteiger partial charge in [-0.05, 0) is 23.0 Å². The Bertz CT molecular complexity index is 439. The van der Waals surface area contributed by atoms with Gasteiger partial charge in [0.25, 0.3) is 0 Å². The third-order valence-corrected chi connectivity index (χ3v) is 4.41. The number of aliphatic imine (C=N–C) groups is 1. The summed E-state index contributed by atoms with van der Waals surface area (Å²) in [5, 5.41) is 0. The molecule has 0 bridgehead atoms. The third kappa shape index (κ3) is 2.23. The molecule has 0 amide bonds. The normalized spacial score (nSPS) is 21.8. The zero-order valence-electron chi connectivity index (χ0n) is 13.0. The fourth-order valence-corrected chi connectivity index (χ4v) is 2.66. The van der Waals surface area contributed by atoms with Gasteiger partial charge in [0.2, 0.25) is 0 Å². The Hall–Kier alpha value is -1.11. The lowest BCUT2D eigenvalue weighted by molar-refractivity contribution is 0.180. The molecule has 0 heterocycles. The van der Waals surface area contributed by atoms with Gasteiger partial charge in [0.05, 0.1) is 0 Å². The molecular formula is C17H27N. The molecule has 0 saturated carbocycles. The predicted molar refractivity (Wildman–Crippen MR) is 81.5 cm³/mol. The zero-order chi connectivity index (χ0) is 14.0. The van der Waals surface area contributed by atoms with Crippen LogP contribution in [0.3, 0.4) is 0 Å². The lowest BCUT2D eigenvalue weighted by Gasteiger charge is -2.47. The van der Waals surface area contributed by atoms with Gasteiger partial charge in [0.1, 0.15) is 0 Å². The molecular weight excluding hydrogens is 218 g/mol. The van der Waals surface area contributed by atoms with E-state index in [4.69, 9.17) is 0 Å². The first-order chi connectivity index (χ1) is 8.40. The Labute approximate surface area is 112 Å². The smallest absolute Gasteiger partial charge is 0.0481 e. The number of hydrogen-bond donors (Lipinski definition) is 0. The maximum atomic E-state index is 4.55. The van der Waals surface area contributed by atoms with E-state index in [0.29, 0.717) is 0 Å². The molecule has 100 valence electrons. The summed E-state index contributed by atoms with van der Waals surface area (Å²) < 4.78 is 0. The van der Waals surface area contributed by atoms with E-state index in [9.17, 15) is 0 Å². The minimum Gasteiger partial charge on any atom is -0.292 e. The molecule has 1 aromatic carbocycles. The van der Waals surface area contributed by atoms with Gasteiger partial charge in [-0.2, -0.15) is 0 Å². The van der Waals surface area contributed by atoms with Crippen LogP contribution in [0.15, 0.2) is 29.3 Å². The summed E-state index contributed by atoms with van der Waals surface area (Å²) in [5.74, 6) is 0. The SMILES string of the molecule is CC.CN=C1c2ccccc2CC(C)(C)C1(C)C. The Morgan fingerprint density at radius 3 is 2.11 bits per heavy atom. The molecule has 0 aliphatic heterocycles. The monoisotopic (exact) mass is 245 g/mol. The van der Waals surface area contributed by atoms with E-state index >= 15 is 0 Å². The fraction of sp³-hybridized carbons (Fsp3) is 0.588. The van der Waals surface area contributed by atoms with E-state index in [1.807, 2.05) is 20.9 Å². The first-order valence-corrected chi connectivity index (χ1v) is 6.96. The van der Waals surface area contributed by atoms with Crippen molar-refractivity contribution in [3.8, 4) is 0 Å². The molecule has 0 saturated heterocycles. The molecule has 0 N–H and O–H groups in total. The largest absolute Gasteiger partial charge is 0.292 e. The average Bonchev–Trinajstić information content (AvgIpc) is 2.33. The second-order valence-corrected chi connectivity index (χ2v) is 5.92. The van der Waals surface area contributed by atoms with Gasteiger partial charge in [0.15, 0.2) is 0 Å². The second-order valence-electron chi connectivity index (χ2n) is 5.92. The Balaban J connectivity index is 0.000000771. The van der Waals surface area contributed by atoms with E-state index in [1.165, 1.54) is 16.8 Å². The van der Waals surface area contributed by atoms with Crippen molar-refractivity contribution < 1.29 is 0 Å². The first-order valence-electron chi connectivity index (χ1n) is 6.96. The molecule has 0 aromatic heterocycles. The van der Waals surface area contributed by atoms with E-state index in [2.05, 4.69) is 57.0 Å². The van der Waals surface area contributed by atoms with Crippen LogP contribution in [0.25, 0.3) is 0 Å². The van der Waals surface area contributed by atoms with Crippen molar-refractivity contribution in [2.75, 3.05) is 7.05 Å². The highest BCUT2D eigenvalue weighted by molar-refractivity contribution is 6.07. The summed E-state index contributed by atoms with van der Waals surface area (Å²) in [6.07, 6.45) is 1.13. The predicted octanol–water partition coefficient (Wildman–Crippen LogP) is 4.74. The summed E-state index contributed by atoms with van der Waals surface area (Å²) in [6, 6.07) is 8.67. The number of benzene rings is 1. The van der Waals surface area contributed by atoms with Crippen LogP contribution >= 0.6 is 0 Å². The number of nitrogens with zero attached hydrogens (tertiary/aromatic N) is 1. The Kier molecular flexibility index (Phi) is 4.37. The van der Waals surface area contributed by atoms with E-state index in [0.717, 1.165) is 6.42 Å². The maximum absolute atomic E-state index is 4.55.